The number of anilines is 2. The molecular formula is C16H18N4O2. The largest absolute Gasteiger partial charge is 0.478 e. The smallest absolute Gasteiger partial charge is 0.335 e. The molecule has 3 rings (SSSR count). The van der Waals surface area contributed by atoms with Crippen LogP contribution in [0, 0.1) is 0 Å². The fraction of sp³-hybridized carbons (Fsp3) is 0.312. The first-order valence-electron chi connectivity index (χ1n) is 7.34. The SMILES string of the molecule is O=C(O)c1ccc(N2CCCN(c3ncccn3)CC2)cc1. The summed E-state index contributed by atoms with van der Waals surface area (Å²) in [6.07, 6.45) is 4.53. The Morgan fingerprint density at radius 2 is 1.59 bits per heavy atom. The standard InChI is InChI=1S/C16H18N4O2/c21-15(22)13-3-5-14(6-4-13)19-9-2-10-20(12-11-19)16-17-7-1-8-18-16/h1,3-8H,2,9-12H2,(H,21,22). The van der Waals surface area contributed by atoms with Crippen LogP contribution in [-0.2, 0) is 0 Å². The molecule has 0 unspecified atom stereocenters. The fourth-order valence-electron chi connectivity index (χ4n) is 2.65. The van der Waals surface area contributed by atoms with Crippen molar-refractivity contribution in [1.29, 1.82) is 0 Å². The first kappa shape index (κ1) is 14.3. The number of aromatic carboxylic acids is 1. The van der Waals surface area contributed by atoms with Gasteiger partial charge in [-0.15, -0.1) is 0 Å². The Balaban J connectivity index is 1.68. The predicted molar refractivity (Wildman–Crippen MR) is 84.5 cm³/mol. The Morgan fingerprint density at radius 3 is 2.27 bits per heavy atom. The molecule has 1 aromatic heterocycles. The summed E-state index contributed by atoms with van der Waals surface area (Å²) in [6, 6.07) is 8.87. The third-order valence-corrected chi connectivity index (χ3v) is 3.81. The minimum absolute atomic E-state index is 0.317. The van der Waals surface area contributed by atoms with Gasteiger partial charge in [0.1, 0.15) is 0 Å². The van der Waals surface area contributed by atoms with Crippen molar-refractivity contribution in [2.24, 2.45) is 0 Å². The van der Waals surface area contributed by atoms with Crippen LogP contribution in [-0.4, -0.2) is 47.2 Å². The van der Waals surface area contributed by atoms with Crippen LogP contribution in [0.1, 0.15) is 16.8 Å². The Morgan fingerprint density at radius 1 is 0.955 bits per heavy atom. The molecule has 114 valence electrons. The number of nitrogens with zero attached hydrogens (tertiary/aromatic N) is 4. The molecule has 0 bridgehead atoms. The van der Waals surface area contributed by atoms with Crippen LogP contribution in [0.4, 0.5) is 11.6 Å². The Hall–Kier alpha value is -2.63. The van der Waals surface area contributed by atoms with E-state index in [9.17, 15) is 4.79 Å². The van der Waals surface area contributed by atoms with Gasteiger partial charge in [-0.05, 0) is 36.8 Å². The maximum atomic E-state index is 10.9. The van der Waals surface area contributed by atoms with Gasteiger partial charge in [0.15, 0.2) is 0 Å². The molecular weight excluding hydrogens is 280 g/mol. The van der Waals surface area contributed by atoms with E-state index in [4.69, 9.17) is 5.11 Å². The summed E-state index contributed by atoms with van der Waals surface area (Å²) in [5.41, 5.74) is 1.37. The lowest BCUT2D eigenvalue weighted by Gasteiger charge is -2.23. The highest BCUT2D eigenvalue weighted by Crippen LogP contribution is 2.18. The molecule has 6 heteroatoms. The number of aromatic nitrogens is 2. The Labute approximate surface area is 129 Å². The van der Waals surface area contributed by atoms with Gasteiger partial charge in [0.05, 0.1) is 5.56 Å². The van der Waals surface area contributed by atoms with Crippen molar-refractivity contribution in [3.05, 3.63) is 48.3 Å². The molecule has 0 atom stereocenters. The first-order chi connectivity index (χ1) is 10.7. The van der Waals surface area contributed by atoms with Gasteiger partial charge >= 0.3 is 5.97 Å². The molecule has 2 aromatic rings. The van der Waals surface area contributed by atoms with E-state index in [1.54, 1.807) is 24.5 Å². The van der Waals surface area contributed by atoms with Crippen molar-refractivity contribution < 1.29 is 9.90 Å². The monoisotopic (exact) mass is 298 g/mol. The summed E-state index contributed by atoms with van der Waals surface area (Å²) in [4.78, 5) is 24.0. The molecule has 0 aliphatic carbocycles. The lowest BCUT2D eigenvalue weighted by Crippen LogP contribution is -2.31. The average molecular weight is 298 g/mol. The molecule has 1 aliphatic heterocycles. The van der Waals surface area contributed by atoms with Crippen LogP contribution >= 0.6 is 0 Å². The van der Waals surface area contributed by atoms with Gasteiger partial charge in [-0.2, -0.15) is 0 Å². The molecule has 6 nitrogen and oxygen atoms in total. The van der Waals surface area contributed by atoms with Crippen LogP contribution in [0.2, 0.25) is 0 Å². The number of hydrogen-bond donors (Lipinski definition) is 1. The number of carboxylic acids is 1. The van der Waals surface area contributed by atoms with Crippen molar-refractivity contribution in [2.75, 3.05) is 36.0 Å². The summed E-state index contributed by atoms with van der Waals surface area (Å²) in [7, 11) is 0. The Kier molecular flexibility index (Phi) is 4.18. The number of rotatable bonds is 3. The van der Waals surface area contributed by atoms with E-state index in [1.165, 1.54) is 0 Å². The maximum absolute atomic E-state index is 10.9. The van der Waals surface area contributed by atoms with E-state index < -0.39 is 5.97 Å². The summed E-state index contributed by atoms with van der Waals surface area (Å²) in [5, 5.41) is 8.96. The van der Waals surface area contributed by atoms with Crippen molar-refractivity contribution in [3.63, 3.8) is 0 Å². The van der Waals surface area contributed by atoms with Gasteiger partial charge in [-0.1, -0.05) is 0 Å². The molecule has 22 heavy (non-hydrogen) atoms. The predicted octanol–water partition coefficient (Wildman–Crippen LogP) is 1.89. The highest BCUT2D eigenvalue weighted by molar-refractivity contribution is 5.88. The van der Waals surface area contributed by atoms with Gasteiger partial charge in [-0.25, -0.2) is 14.8 Å². The lowest BCUT2D eigenvalue weighted by atomic mass is 10.2. The summed E-state index contributed by atoms with van der Waals surface area (Å²) < 4.78 is 0. The highest BCUT2D eigenvalue weighted by Gasteiger charge is 2.17. The van der Waals surface area contributed by atoms with Gasteiger partial charge in [-0.3, -0.25) is 0 Å². The molecule has 0 amide bonds. The van der Waals surface area contributed by atoms with E-state index in [-0.39, 0.29) is 0 Å². The van der Waals surface area contributed by atoms with Crippen LogP contribution in [0.5, 0.6) is 0 Å². The quantitative estimate of drug-likeness (QED) is 0.933. The van der Waals surface area contributed by atoms with Crippen molar-refractivity contribution in [1.82, 2.24) is 9.97 Å². The molecule has 1 aromatic carbocycles. The average Bonchev–Trinajstić information content (AvgIpc) is 2.82. The minimum atomic E-state index is -0.894. The molecule has 2 heterocycles. The second-order valence-electron chi connectivity index (χ2n) is 5.23. The summed E-state index contributed by atoms with van der Waals surface area (Å²) in [6.45, 7) is 3.58. The molecule has 0 spiro atoms. The lowest BCUT2D eigenvalue weighted by molar-refractivity contribution is 0.0697. The maximum Gasteiger partial charge on any atom is 0.335 e. The third kappa shape index (κ3) is 3.16. The zero-order valence-corrected chi connectivity index (χ0v) is 12.2. The summed E-state index contributed by atoms with van der Waals surface area (Å²) >= 11 is 0. The van der Waals surface area contributed by atoms with E-state index in [0.717, 1.165) is 44.2 Å². The van der Waals surface area contributed by atoms with Gasteiger partial charge in [0.2, 0.25) is 5.95 Å². The zero-order valence-electron chi connectivity index (χ0n) is 12.2. The van der Waals surface area contributed by atoms with Crippen LogP contribution in [0.3, 0.4) is 0 Å². The van der Waals surface area contributed by atoms with Crippen LogP contribution < -0.4 is 9.80 Å². The van der Waals surface area contributed by atoms with E-state index in [0.29, 0.717) is 5.56 Å². The molecule has 1 fully saturated rings. The second-order valence-corrected chi connectivity index (χ2v) is 5.23. The minimum Gasteiger partial charge on any atom is -0.478 e. The fourth-order valence-corrected chi connectivity index (χ4v) is 2.65. The first-order valence-corrected chi connectivity index (χ1v) is 7.34. The third-order valence-electron chi connectivity index (χ3n) is 3.81. The van der Waals surface area contributed by atoms with E-state index >= 15 is 0 Å². The van der Waals surface area contributed by atoms with Gasteiger partial charge in [0.25, 0.3) is 0 Å². The van der Waals surface area contributed by atoms with Gasteiger partial charge < -0.3 is 14.9 Å². The molecule has 0 saturated carbocycles. The molecule has 1 N–H and O–H groups in total. The number of hydrogen-bond acceptors (Lipinski definition) is 5. The molecule has 1 aliphatic rings. The van der Waals surface area contributed by atoms with Crippen molar-refractivity contribution in [2.45, 2.75) is 6.42 Å². The van der Waals surface area contributed by atoms with E-state index in [1.807, 2.05) is 18.2 Å². The molecule has 0 radical (unpaired) electrons. The second kappa shape index (κ2) is 6.43. The number of carboxylic acid groups (broad SMARTS) is 1. The highest BCUT2D eigenvalue weighted by atomic mass is 16.4. The normalized spacial score (nSPS) is 15.5. The Bertz CT molecular complexity index is 630. The van der Waals surface area contributed by atoms with Crippen molar-refractivity contribution in [3.8, 4) is 0 Å². The topological polar surface area (TPSA) is 69.6 Å². The summed E-state index contributed by atoms with van der Waals surface area (Å²) in [5.74, 6) is -0.125. The zero-order chi connectivity index (χ0) is 15.4. The van der Waals surface area contributed by atoms with Crippen LogP contribution in [0.25, 0.3) is 0 Å². The molecule has 1 saturated heterocycles. The van der Waals surface area contributed by atoms with Gasteiger partial charge in [0, 0.05) is 44.3 Å². The number of carbonyl (C=O) groups is 1. The van der Waals surface area contributed by atoms with Crippen molar-refractivity contribution >= 4 is 17.6 Å². The van der Waals surface area contributed by atoms with Crippen LogP contribution in [0.15, 0.2) is 42.7 Å². The van der Waals surface area contributed by atoms with E-state index in [2.05, 4.69) is 19.8 Å². The number of benzene rings is 1.